The Labute approximate surface area is 205 Å². The molecule has 10 heteroatoms. The van der Waals surface area contributed by atoms with Crippen molar-refractivity contribution in [1.29, 1.82) is 0 Å². The number of carboxylic acid groups (broad SMARTS) is 1. The Morgan fingerprint density at radius 2 is 1.97 bits per heavy atom. The third-order valence-electron chi connectivity index (χ3n) is 5.93. The maximum absolute atomic E-state index is 13.7. The minimum absolute atomic E-state index is 0.153. The molecule has 0 radical (unpaired) electrons. The highest BCUT2D eigenvalue weighted by Crippen LogP contribution is 2.61. The zero-order valence-corrected chi connectivity index (χ0v) is 21.2. The van der Waals surface area contributed by atoms with Gasteiger partial charge in [0.25, 0.3) is 0 Å². The van der Waals surface area contributed by atoms with Gasteiger partial charge in [0.1, 0.15) is 18.2 Å². The number of hydrogen-bond acceptors (Lipinski definition) is 7. The molecule has 0 aromatic heterocycles. The molecule has 188 valence electrons. The first-order valence-electron chi connectivity index (χ1n) is 11.0. The Hall–Kier alpha value is -1.98. The van der Waals surface area contributed by atoms with Gasteiger partial charge in [-0.3, -0.25) is 9.11 Å². The van der Waals surface area contributed by atoms with Crippen molar-refractivity contribution in [1.82, 2.24) is 0 Å². The van der Waals surface area contributed by atoms with Gasteiger partial charge in [0.2, 0.25) is 0 Å². The molecule has 0 spiro atoms. The highest BCUT2D eigenvalue weighted by molar-refractivity contribution is 8.24. The number of aliphatic hydroxyl groups is 1. The summed E-state index contributed by atoms with van der Waals surface area (Å²) in [5.41, 5.74) is 0.884. The lowest BCUT2D eigenvalue weighted by Crippen LogP contribution is -2.35. The molecule has 0 saturated carbocycles. The fourth-order valence-corrected chi connectivity index (χ4v) is 6.91. The van der Waals surface area contributed by atoms with E-state index in [1.807, 2.05) is 18.1 Å². The predicted octanol–water partition coefficient (Wildman–Crippen LogP) is 5.83. The summed E-state index contributed by atoms with van der Waals surface area (Å²) in [4.78, 5) is 13.9. The van der Waals surface area contributed by atoms with Crippen molar-refractivity contribution in [2.45, 2.75) is 49.0 Å². The van der Waals surface area contributed by atoms with Crippen LogP contribution in [-0.4, -0.2) is 56.6 Å². The molecular formula is C24H32FNO6S2. The summed E-state index contributed by atoms with van der Waals surface area (Å²) in [7, 11) is -3.25. The number of hydrogen-bond donors (Lipinski definition) is 4. The van der Waals surface area contributed by atoms with E-state index in [0.717, 1.165) is 24.9 Å². The van der Waals surface area contributed by atoms with E-state index in [4.69, 9.17) is 9.84 Å². The van der Waals surface area contributed by atoms with Crippen LogP contribution in [0.2, 0.25) is 0 Å². The summed E-state index contributed by atoms with van der Waals surface area (Å²) in [6.07, 6.45) is 2.80. The van der Waals surface area contributed by atoms with Crippen molar-refractivity contribution < 1.29 is 33.2 Å². The quantitative estimate of drug-likeness (QED) is 0.310. The number of aliphatic carboxylic acids is 1. The van der Waals surface area contributed by atoms with Gasteiger partial charge < -0.3 is 19.8 Å². The fraction of sp³-hybridized carbons (Fsp3) is 0.458. The van der Waals surface area contributed by atoms with Crippen LogP contribution in [0.15, 0.2) is 46.2 Å². The van der Waals surface area contributed by atoms with E-state index in [2.05, 4.69) is 6.92 Å². The summed E-state index contributed by atoms with van der Waals surface area (Å²) < 4.78 is 42.0. The number of unbranched alkanes of at least 4 members (excludes halogenated alkanes) is 1. The molecule has 1 aliphatic heterocycles. The first-order chi connectivity index (χ1) is 16.0. The van der Waals surface area contributed by atoms with Crippen LogP contribution in [0.1, 0.15) is 33.1 Å². The number of carbonyl (C=O) groups is 1. The molecule has 4 N–H and O–H groups in total. The number of ether oxygens (including phenoxy) is 1. The summed E-state index contributed by atoms with van der Waals surface area (Å²) in [6.45, 7) is 4.16. The summed E-state index contributed by atoms with van der Waals surface area (Å²) >= 11 is 1.35. The molecule has 7 nitrogen and oxygen atoms in total. The van der Waals surface area contributed by atoms with Gasteiger partial charge in [-0.2, -0.15) is 10.6 Å². The number of anilines is 2. The number of halogens is 1. The normalized spacial score (nSPS) is 21.3. The van der Waals surface area contributed by atoms with E-state index in [0.29, 0.717) is 17.1 Å². The van der Waals surface area contributed by atoms with Gasteiger partial charge in [0, 0.05) is 29.5 Å². The molecule has 0 bridgehead atoms. The monoisotopic (exact) mass is 513 g/mol. The molecule has 1 aliphatic rings. The molecule has 0 amide bonds. The molecule has 1 heterocycles. The molecule has 34 heavy (non-hydrogen) atoms. The molecule has 2 unspecified atom stereocenters. The average molecular weight is 514 g/mol. The van der Waals surface area contributed by atoms with Crippen LogP contribution in [0, 0.1) is 11.2 Å². The maximum Gasteiger partial charge on any atom is 0.336 e. The van der Waals surface area contributed by atoms with E-state index in [1.54, 1.807) is 18.2 Å². The number of rotatable bonds is 9. The van der Waals surface area contributed by atoms with Gasteiger partial charge in [0.05, 0.1) is 15.5 Å². The predicted molar refractivity (Wildman–Crippen MR) is 134 cm³/mol. The third-order valence-corrected chi connectivity index (χ3v) is 8.82. The lowest BCUT2D eigenvalue weighted by molar-refractivity contribution is -0.148. The Balaban J connectivity index is 2.15. The Morgan fingerprint density at radius 1 is 1.29 bits per heavy atom. The van der Waals surface area contributed by atoms with Crippen LogP contribution in [-0.2, 0) is 4.79 Å². The Morgan fingerprint density at radius 3 is 2.56 bits per heavy atom. The molecular weight excluding hydrogens is 481 g/mol. The fourth-order valence-electron chi connectivity index (χ4n) is 4.20. The van der Waals surface area contributed by atoms with E-state index in [1.165, 1.54) is 30.0 Å². The van der Waals surface area contributed by atoms with Crippen molar-refractivity contribution >= 4 is 39.7 Å². The van der Waals surface area contributed by atoms with E-state index in [9.17, 15) is 23.4 Å². The highest BCUT2D eigenvalue weighted by Gasteiger charge is 2.40. The number of benzene rings is 2. The van der Waals surface area contributed by atoms with Crippen molar-refractivity contribution in [3.63, 3.8) is 0 Å². The van der Waals surface area contributed by atoms with Crippen LogP contribution >= 0.6 is 22.4 Å². The summed E-state index contributed by atoms with van der Waals surface area (Å²) in [6, 6.07) is 9.41. The van der Waals surface area contributed by atoms with Crippen LogP contribution in [0.5, 0.6) is 5.75 Å². The second kappa shape index (κ2) is 10.7. The van der Waals surface area contributed by atoms with Crippen molar-refractivity contribution in [3.05, 3.63) is 42.2 Å². The zero-order valence-electron chi connectivity index (χ0n) is 19.5. The van der Waals surface area contributed by atoms with Gasteiger partial charge in [-0.15, -0.1) is 11.8 Å². The largest absolute Gasteiger partial charge is 0.489 e. The van der Waals surface area contributed by atoms with Gasteiger partial charge in [-0.25, -0.2) is 9.18 Å². The average Bonchev–Trinajstić information content (AvgIpc) is 2.87. The standard InChI is InChI=1S/C24H32FNO6S2/c1-4-5-10-24(2)14-26(17-8-6-16(25)7-9-17)18-11-21(33-3)20(32-13-19(27)23(28)29)12-22(18)34(30,31)15-24/h6-9,11-12,19,27,30-31H,4-5,10,13-15H2,1-3H3,(H,28,29). The molecule has 2 aromatic rings. The van der Waals surface area contributed by atoms with Crippen molar-refractivity contribution in [2.75, 3.05) is 30.1 Å². The first kappa shape index (κ1) is 26.6. The van der Waals surface area contributed by atoms with E-state index in [-0.39, 0.29) is 22.2 Å². The molecule has 0 fully saturated rings. The molecule has 3 rings (SSSR count). The van der Waals surface area contributed by atoms with Crippen molar-refractivity contribution in [3.8, 4) is 5.75 Å². The summed E-state index contributed by atoms with van der Waals surface area (Å²) in [5, 5.41) is 18.6. The molecule has 0 aliphatic carbocycles. The van der Waals surface area contributed by atoms with Crippen LogP contribution in [0.4, 0.5) is 15.8 Å². The van der Waals surface area contributed by atoms with Gasteiger partial charge in [-0.1, -0.05) is 26.7 Å². The lowest BCUT2D eigenvalue weighted by Gasteiger charge is -2.39. The highest BCUT2D eigenvalue weighted by atomic mass is 32.3. The number of aliphatic hydroxyl groups excluding tert-OH is 1. The molecule has 0 saturated heterocycles. The zero-order chi connectivity index (χ0) is 25.1. The maximum atomic E-state index is 13.7. The number of nitrogens with zero attached hydrogens (tertiary/aromatic N) is 1. The van der Waals surface area contributed by atoms with Gasteiger partial charge in [-0.05, 0) is 43.0 Å². The van der Waals surface area contributed by atoms with Gasteiger partial charge in [0.15, 0.2) is 6.10 Å². The van der Waals surface area contributed by atoms with Crippen LogP contribution in [0.3, 0.4) is 0 Å². The second-order valence-electron chi connectivity index (χ2n) is 8.92. The topological polar surface area (TPSA) is 110 Å². The van der Waals surface area contributed by atoms with E-state index >= 15 is 0 Å². The van der Waals surface area contributed by atoms with E-state index < -0.39 is 34.7 Å². The first-order valence-corrected chi connectivity index (χ1v) is 14.0. The van der Waals surface area contributed by atoms with Crippen LogP contribution < -0.4 is 9.64 Å². The second-order valence-corrected chi connectivity index (χ2v) is 11.8. The number of carboxylic acids is 1. The Kier molecular flexibility index (Phi) is 8.41. The minimum Gasteiger partial charge on any atom is -0.489 e. The number of fused-ring (bicyclic) bond motifs is 1. The van der Waals surface area contributed by atoms with Gasteiger partial charge >= 0.3 is 5.97 Å². The SMILES string of the molecule is CCCCC1(C)CN(c2ccc(F)cc2)c2cc(SC)c(OCC(O)C(=O)O)cc2S(O)(O)C1. The smallest absolute Gasteiger partial charge is 0.336 e. The third kappa shape index (κ3) is 5.98. The van der Waals surface area contributed by atoms with Crippen molar-refractivity contribution in [2.24, 2.45) is 5.41 Å². The number of thioether (sulfide) groups is 1. The summed E-state index contributed by atoms with van der Waals surface area (Å²) in [5.74, 6) is -1.34. The van der Waals surface area contributed by atoms with Crippen LogP contribution in [0.25, 0.3) is 0 Å². The minimum atomic E-state index is -3.25. The molecule has 2 aromatic carbocycles. The Bertz CT molecular complexity index is 1020. The molecule has 2 atom stereocenters. The lowest BCUT2D eigenvalue weighted by atomic mass is 9.86.